The van der Waals surface area contributed by atoms with Gasteiger partial charge in [-0.05, 0) is 54.3 Å². The topological polar surface area (TPSA) is 66.9 Å². The molecule has 0 atom stereocenters. The minimum absolute atomic E-state index is 0.00620. The Morgan fingerprint density at radius 2 is 1.66 bits per heavy atom. The van der Waals surface area contributed by atoms with Crippen LogP contribution >= 0.6 is 11.6 Å². The van der Waals surface area contributed by atoms with Gasteiger partial charge in [-0.2, -0.15) is 0 Å². The zero-order chi connectivity index (χ0) is 27.0. The first-order valence-electron chi connectivity index (χ1n) is 12.2. The van der Waals surface area contributed by atoms with Crippen LogP contribution in [0.5, 0.6) is 0 Å². The quantitative estimate of drug-likeness (QED) is 0.340. The first kappa shape index (κ1) is 25.9. The number of hydrogen-bond acceptors (Lipinski definition) is 4. The first-order valence-corrected chi connectivity index (χ1v) is 12.6. The van der Waals surface area contributed by atoms with Crippen molar-refractivity contribution < 1.29 is 27.9 Å². The Labute approximate surface area is 223 Å². The van der Waals surface area contributed by atoms with Crippen LogP contribution in [0.15, 0.2) is 60.7 Å². The Kier molecular flexibility index (Phi) is 6.92. The number of nitrogens with zero attached hydrogens (tertiary/aromatic N) is 2. The molecule has 0 saturated carbocycles. The van der Waals surface area contributed by atoms with Crippen molar-refractivity contribution in [1.29, 1.82) is 0 Å². The summed E-state index contributed by atoms with van der Waals surface area (Å²) in [6, 6.07) is 16.6. The maximum absolute atomic E-state index is 13.8. The van der Waals surface area contributed by atoms with E-state index in [1.54, 1.807) is 34.1 Å². The number of methoxy groups -OCH3 is 1. The summed E-state index contributed by atoms with van der Waals surface area (Å²) in [5.41, 5.74) is 2.82. The highest BCUT2D eigenvalue weighted by Gasteiger charge is 2.46. The maximum Gasteiger partial charge on any atom is 0.337 e. The van der Waals surface area contributed by atoms with Crippen molar-refractivity contribution in [2.75, 3.05) is 31.6 Å². The van der Waals surface area contributed by atoms with Crippen molar-refractivity contribution in [2.24, 2.45) is 0 Å². The van der Waals surface area contributed by atoms with Gasteiger partial charge in [-0.25, -0.2) is 13.6 Å². The molecule has 0 radical (unpaired) electrons. The van der Waals surface area contributed by atoms with Gasteiger partial charge in [0.25, 0.3) is 5.91 Å². The molecule has 1 spiro atoms. The molecule has 3 aromatic rings. The third-order valence-corrected chi connectivity index (χ3v) is 7.77. The molecule has 5 rings (SSSR count). The van der Waals surface area contributed by atoms with Gasteiger partial charge < -0.3 is 14.5 Å². The van der Waals surface area contributed by atoms with Gasteiger partial charge in [-0.1, -0.05) is 41.9 Å². The van der Waals surface area contributed by atoms with Crippen LogP contribution in [-0.2, 0) is 21.4 Å². The third-order valence-electron chi connectivity index (χ3n) is 7.50. The summed E-state index contributed by atoms with van der Waals surface area (Å²) in [5, 5.41) is -0.430. The Morgan fingerprint density at radius 3 is 2.32 bits per heavy atom. The van der Waals surface area contributed by atoms with Gasteiger partial charge >= 0.3 is 5.97 Å². The summed E-state index contributed by atoms with van der Waals surface area (Å²) in [6.45, 7) is 1.30. The second kappa shape index (κ2) is 10.2. The van der Waals surface area contributed by atoms with Crippen molar-refractivity contribution >= 4 is 35.1 Å². The molecule has 2 aliphatic heterocycles. The molecule has 0 unspecified atom stereocenters. The maximum atomic E-state index is 13.8. The fraction of sp³-hybridized carbons (Fsp3) is 0.276. The molecular formula is C29H25ClF2N2O4. The molecule has 2 amide bonds. The molecule has 2 aliphatic rings. The second-order valence-corrected chi connectivity index (χ2v) is 10.1. The molecule has 9 heteroatoms. The second-order valence-electron chi connectivity index (χ2n) is 9.69. The number of amides is 2. The summed E-state index contributed by atoms with van der Waals surface area (Å²) in [7, 11) is 1.32. The van der Waals surface area contributed by atoms with Crippen LogP contribution in [0.4, 0.5) is 14.5 Å². The van der Waals surface area contributed by atoms with E-state index in [4.69, 9.17) is 16.3 Å². The highest BCUT2D eigenvalue weighted by molar-refractivity contribution is 6.31. The average molecular weight is 539 g/mol. The number of halogens is 3. The van der Waals surface area contributed by atoms with Gasteiger partial charge in [-0.3, -0.25) is 9.59 Å². The predicted octanol–water partition coefficient (Wildman–Crippen LogP) is 5.17. The normalized spacial score (nSPS) is 15.9. The standard InChI is InChI=1S/C29H25ClF2N2O4/c1-38-28(37)19-8-6-18(7-9-19)14-25(35)34-17-29(21-4-2-3-5-24(21)34)10-12-33(13-11-29)27(36)20-15-22(30)26(32)23(31)16-20/h2-9,15-16H,10-14,17H2,1H3. The number of likely N-dealkylation sites (tertiary alicyclic amines) is 1. The van der Waals surface area contributed by atoms with Crippen LogP contribution < -0.4 is 4.90 Å². The number of hydrogen-bond donors (Lipinski definition) is 0. The van der Waals surface area contributed by atoms with Gasteiger partial charge in [0.15, 0.2) is 11.6 Å². The van der Waals surface area contributed by atoms with E-state index in [1.807, 2.05) is 24.3 Å². The highest BCUT2D eigenvalue weighted by atomic mass is 35.5. The first-order chi connectivity index (χ1) is 18.2. The predicted molar refractivity (Wildman–Crippen MR) is 138 cm³/mol. The van der Waals surface area contributed by atoms with Gasteiger partial charge in [-0.15, -0.1) is 0 Å². The van der Waals surface area contributed by atoms with E-state index in [0.717, 1.165) is 28.9 Å². The van der Waals surface area contributed by atoms with E-state index in [0.29, 0.717) is 38.0 Å². The van der Waals surface area contributed by atoms with Crippen LogP contribution in [-0.4, -0.2) is 49.4 Å². The minimum atomic E-state index is -1.17. The Balaban J connectivity index is 1.31. The van der Waals surface area contributed by atoms with E-state index >= 15 is 0 Å². The molecule has 0 bridgehead atoms. The van der Waals surface area contributed by atoms with Gasteiger partial charge in [0, 0.05) is 36.3 Å². The number of rotatable bonds is 4. The molecule has 0 aromatic heterocycles. The summed E-state index contributed by atoms with van der Waals surface area (Å²) < 4.78 is 32.1. The molecule has 6 nitrogen and oxygen atoms in total. The zero-order valence-corrected chi connectivity index (χ0v) is 21.4. The van der Waals surface area contributed by atoms with E-state index in [2.05, 4.69) is 0 Å². The van der Waals surface area contributed by atoms with Crippen molar-refractivity contribution in [3.63, 3.8) is 0 Å². The van der Waals surface area contributed by atoms with Gasteiger partial charge in [0.05, 0.1) is 24.1 Å². The van der Waals surface area contributed by atoms with Crippen molar-refractivity contribution in [1.82, 2.24) is 4.90 Å². The summed E-state index contributed by atoms with van der Waals surface area (Å²) in [5.74, 6) is -3.23. The molecule has 2 heterocycles. The largest absolute Gasteiger partial charge is 0.465 e. The molecule has 0 aliphatic carbocycles. The monoisotopic (exact) mass is 538 g/mol. The van der Waals surface area contributed by atoms with E-state index in [9.17, 15) is 23.2 Å². The van der Waals surface area contributed by atoms with E-state index < -0.39 is 28.5 Å². The number of piperidine rings is 1. The molecule has 0 N–H and O–H groups in total. The SMILES string of the molecule is COC(=O)c1ccc(CC(=O)N2CC3(CCN(C(=O)c4cc(F)c(F)c(Cl)c4)CC3)c3ccccc32)cc1. The molecule has 196 valence electrons. The van der Waals surface area contributed by atoms with E-state index in [-0.39, 0.29) is 23.3 Å². The third kappa shape index (κ3) is 4.65. The lowest BCUT2D eigenvalue weighted by Gasteiger charge is -2.40. The lowest BCUT2D eigenvalue weighted by atomic mass is 9.74. The van der Waals surface area contributed by atoms with E-state index in [1.165, 1.54) is 7.11 Å². The number of carbonyl (C=O) groups excluding carboxylic acids is 3. The molecule has 1 fully saturated rings. The summed E-state index contributed by atoms with van der Waals surface area (Å²) in [6.07, 6.45) is 1.41. The number of carbonyl (C=O) groups is 3. The van der Waals surface area contributed by atoms with Gasteiger partial charge in [0.2, 0.25) is 5.91 Å². The number of para-hydroxylation sites is 1. The number of benzene rings is 3. The number of fused-ring (bicyclic) bond motifs is 2. The van der Waals surface area contributed by atoms with Crippen LogP contribution in [0, 0.1) is 11.6 Å². The van der Waals surface area contributed by atoms with Crippen LogP contribution in [0.25, 0.3) is 0 Å². The Morgan fingerprint density at radius 1 is 0.974 bits per heavy atom. The molecule has 3 aromatic carbocycles. The summed E-state index contributed by atoms with van der Waals surface area (Å²) in [4.78, 5) is 41.5. The molecule has 1 saturated heterocycles. The average Bonchev–Trinajstić information content (AvgIpc) is 3.25. The van der Waals surface area contributed by atoms with Crippen LogP contribution in [0.2, 0.25) is 5.02 Å². The number of ether oxygens (including phenoxy) is 1. The number of anilines is 1. The highest BCUT2D eigenvalue weighted by Crippen LogP contribution is 2.47. The molecular weight excluding hydrogens is 514 g/mol. The van der Waals surface area contributed by atoms with Gasteiger partial charge in [0.1, 0.15) is 0 Å². The van der Waals surface area contributed by atoms with Crippen LogP contribution in [0.3, 0.4) is 0 Å². The summed E-state index contributed by atoms with van der Waals surface area (Å²) >= 11 is 5.74. The Bertz CT molecular complexity index is 1400. The lowest BCUT2D eigenvalue weighted by molar-refractivity contribution is -0.118. The Hall–Kier alpha value is -3.78. The van der Waals surface area contributed by atoms with Crippen molar-refractivity contribution in [2.45, 2.75) is 24.7 Å². The fourth-order valence-corrected chi connectivity index (χ4v) is 5.63. The zero-order valence-electron chi connectivity index (χ0n) is 20.7. The van der Waals surface area contributed by atoms with Crippen molar-refractivity contribution in [3.8, 4) is 0 Å². The molecule has 38 heavy (non-hydrogen) atoms. The number of esters is 1. The lowest BCUT2D eigenvalue weighted by Crippen LogP contribution is -2.48. The van der Waals surface area contributed by atoms with Crippen molar-refractivity contribution in [3.05, 3.63) is 99.6 Å². The van der Waals surface area contributed by atoms with Crippen LogP contribution in [0.1, 0.15) is 44.7 Å². The minimum Gasteiger partial charge on any atom is -0.465 e. The smallest absolute Gasteiger partial charge is 0.337 e. The fourth-order valence-electron chi connectivity index (χ4n) is 5.43.